The molecule has 2 saturated heterocycles. The van der Waals surface area contributed by atoms with E-state index >= 15 is 0 Å². The van der Waals surface area contributed by atoms with Gasteiger partial charge in [0.05, 0.1) is 13.2 Å². The van der Waals surface area contributed by atoms with E-state index in [0.29, 0.717) is 13.2 Å². The van der Waals surface area contributed by atoms with Crippen molar-refractivity contribution in [2.45, 2.75) is 47.7 Å². The zero-order valence-corrected chi connectivity index (χ0v) is 23.2. The molecule has 0 amide bonds. The first-order chi connectivity index (χ1) is 19.1. The minimum atomic E-state index is 0.205. The van der Waals surface area contributed by atoms with Gasteiger partial charge in [0.2, 0.25) is 0 Å². The summed E-state index contributed by atoms with van der Waals surface area (Å²) in [5, 5.41) is 0. The number of ether oxygens (including phenoxy) is 4. The van der Waals surface area contributed by atoms with E-state index in [1.54, 1.807) is 11.8 Å². The summed E-state index contributed by atoms with van der Waals surface area (Å²) in [6.45, 7) is 7.25. The van der Waals surface area contributed by atoms with Crippen molar-refractivity contribution in [1.82, 2.24) is 0 Å². The molecule has 4 atom stereocenters. The average molecular weight is 539 g/mol. The highest BCUT2D eigenvalue weighted by Crippen LogP contribution is 2.40. The lowest BCUT2D eigenvalue weighted by atomic mass is 9.92. The number of hydrogen-bond acceptors (Lipinski definition) is 5. The molecule has 2 fully saturated rings. The van der Waals surface area contributed by atoms with Crippen LogP contribution in [-0.2, 0) is 9.47 Å². The SMILES string of the molecule is CC(c1ccccc1)c1cc(Sc2ccc(OCC3CO3)c(C(C)c3ccccc3)c2)ccc1OCC1CO1. The van der Waals surface area contributed by atoms with Gasteiger partial charge in [0, 0.05) is 32.8 Å². The number of benzene rings is 4. The minimum Gasteiger partial charge on any atom is -0.490 e. The van der Waals surface area contributed by atoms with Crippen LogP contribution in [0.5, 0.6) is 11.5 Å². The molecule has 5 heteroatoms. The topological polar surface area (TPSA) is 43.5 Å². The van der Waals surface area contributed by atoms with Crippen LogP contribution in [0.3, 0.4) is 0 Å². The largest absolute Gasteiger partial charge is 0.490 e. The van der Waals surface area contributed by atoms with E-state index in [2.05, 4.69) is 111 Å². The molecule has 4 nitrogen and oxygen atoms in total. The third-order valence-corrected chi connectivity index (χ3v) is 8.36. The zero-order chi connectivity index (χ0) is 26.6. The normalized spacial score (nSPS) is 19.2. The lowest BCUT2D eigenvalue weighted by Crippen LogP contribution is -2.08. The maximum atomic E-state index is 6.21. The predicted molar refractivity (Wildman–Crippen MR) is 155 cm³/mol. The van der Waals surface area contributed by atoms with Gasteiger partial charge in [-0.2, -0.15) is 0 Å². The van der Waals surface area contributed by atoms with Gasteiger partial charge in [0.25, 0.3) is 0 Å². The molecule has 2 aliphatic heterocycles. The Morgan fingerprint density at radius 3 is 1.44 bits per heavy atom. The van der Waals surface area contributed by atoms with Crippen molar-refractivity contribution in [1.29, 1.82) is 0 Å². The summed E-state index contributed by atoms with van der Waals surface area (Å²) in [6, 6.07) is 34.3. The van der Waals surface area contributed by atoms with Gasteiger partial charge in [-0.05, 0) is 47.5 Å². The van der Waals surface area contributed by atoms with Crippen molar-refractivity contribution in [3.8, 4) is 11.5 Å². The van der Waals surface area contributed by atoms with Crippen LogP contribution in [0.15, 0.2) is 107 Å². The van der Waals surface area contributed by atoms with Crippen LogP contribution < -0.4 is 9.47 Å². The maximum absolute atomic E-state index is 6.21. The van der Waals surface area contributed by atoms with Crippen LogP contribution in [0, 0.1) is 0 Å². The third kappa shape index (κ3) is 6.67. The second-order valence-electron chi connectivity index (χ2n) is 10.3. The predicted octanol–water partition coefficient (Wildman–Crippen LogP) is 7.70. The van der Waals surface area contributed by atoms with Gasteiger partial charge in [-0.1, -0.05) is 86.3 Å². The molecule has 0 radical (unpaired) electrons. The van der Waals surface area contributed by atoms with Crippen LogP contribution in [0.4, 0.5) is 0 Å². The molecule has 4 aromatic carbocycles. The number of rotatable bonds is 12. The molecule has 4 unspecified atom stereocenters. The second-order valence-corrected chi connectivity index (χ2v) is 11.4. The van der Waals surface area contributed by atoms with Crippen LogP contribution in [-0.4, -0.2) is 38.6 Å². The molecule has 4 aromatic rings. The van der Waals surface area contributed by atoms with Gasteiger partial charge < -0.3 is 18.9 Å². The van der Waals surface area contributed by atoms with Crippen molar-refractivity contribution in [2.75, 3.05) is 26.4 Å². The van der Waals surface area contributed by atoms with E-state index in [4.69, 9.17) is 18.9 Å². The fourth-order valence-electron chi connectivity index (χ4n) is 4.79. The number of hydrogen-bond donors (Lipinski definition) is 0. The van der Waals surface area contributed by atoms with Gasteiger partial charge >= 0.3 is 0 Å². The fraction of sp³-hybridized carbons (Fsp3) is 0.294. The quantitative estimate of drug-likeness (QED) is 0.173. The first-order valence-electron chi connectivity index (χ1n) is 13.7. The van der Waals surface area contributed by atoms with Crippen LogP contribution in [0.2, 0.25) is 0 Å². The Bertz CT molecular complexity index is 1280. The van der Waals surface area contributed by atoms with Crippen molar-refractivity contribution in [2.24, 2.45) is 0 Å². The summed E-state index contributed by atoms with van der Waals surface area (Å²) < 4.78 is 23.2. The van der Waals surface area contributed by atoms with Gasteiger partial charge in [-0.25, -0.2) is 0 Å². The average Bonchev–Trinajstić information content (AvgIpc) is 3.92. The monoisotopic (exact) mass is 538 g/mol. The fourth-order valence-corrected chi connectivity index (χ4v) is 5.71. The maximum Gasteiger partial charge on any atom is 0.123 e. The van der Waals surface area contributed by atoms with Gasteiger partial charge in [0.1, 0.15) is 36.9 Å². The highest BCUT2D eigenvalue weighted by atomic mass is 32.2. The van der Waals surface area contributed by atoms with Crippen molar-refractivity contribution in [3.05, 3.63) is 119 Å². The van der Waals surface area contributed by atoms with Crippen LogP contribution in [0.25, 0.3) is 0 Å². The molecule has 2 heterocycles. The molecule has 39 heavy (non-hydrogen) atoms. The molecule has 0 aliphatic carbocycles. The molecule has 0 bridgehead atoms. The lowest BCUT2D eigenvalue weighted by Gasteiger charge is -2.20. The Morgan fingerprint density at radius 2 is 1.05 bits per heavy atom. The Kier molecular flexibility index (Phi) is 7.91. The van der Waals surface area contributed by atoms with E-state index < -0.39 is 0 Å². The van der Waals surface area contributed by atoms with Crippen LogP contribution >= 0.6 is 11.8 Å². The van der Waals surface area contributed by atoms with E-state index in [-0.39, 0.29) is 24.0 Å². The molecule has 200 valence electrons. The summed E-state index contributed by atoms with van der Waals surface area (Å²) in [5.41, 5.74) is 4.92. The Morgan fingerprint density at radius 1 is 0.641 bits per heavy atom. The summed E-state index contributed by atoms with van der Waals surface area (Å²) in [4.78, 5) is 2.36. The number of epoxide rings is 2. The zero-order valence-electron chi connectivity index (χ0n) is 22.4. The Labute approximate surface area is 235 Å². The molecule has 6 rings (SSSR count). The van der Waals surface area contributed by atoms with E-state index in [0.717, 1.165) is 24.7 Å². The van der Waals surface area contributed by atoms with Crippen molar-refractivity contribution in [3.63, 3.8) is 0 Å². The van der Waals surface area contributed by atoms with E-state index in [1.807, 2.05) is 0 Å². The molecule has 0 saturated carbocycles. The van der Waals surface area contributed by atoms with Gasteiger partial charge in [-0.15, -0.1) is 0 Å². The first-order valence-corrected chi connectivity index (χ1v) is 14.5. The molecular formula is C34H34O4S. The minimum absolute atomic E-state index is 0.205. The third-order valence-electron chi connectivity index (χ3n) is 7.38. The lowest BCUT2D eigenvalue weighted by molar-refractivity contribution is 0.260. The molecule has 0 N–H and O–H groups in total. The summed E-state index contributed by atoms with van der Waals surface area (Å²) >= 11 is 1.77. The summed E-state index contributed by atoms with van der Waals surface area (Å²) in [6.07, 6.45) is 0.437. The molecular weight excluding hydrogens is 504 g/mol. The second kappa shape index (κ2) is 11.9. The molecule has 2 aliphatic rings. The van der Waals surface area contributed by atoms with Gasteiger partial charge in [0.15, 0.2) is 0 Å². The van der Waals surface area contributed by atoms with Crippen molar-refractivity contribution >= 4 is 11.8 Å². The standard InChI is InChI=1S/C34H34O4S/c1-23(25-9-5-3-6-10-25)31-17-29(13-15-33(31)37-21-27-19-35-27)39-30-14-16-34(38-22-28-20-36-28)32(18-30)24(2)26-11-7-4-8-12-26/h3-18,23-24,27-28H,19-22H2,1-2H3. The molecule has 0 spiro atoms. The van der Waals surface area contributed by atoms with Crippen LogP contribution in [0.1, 0.15) is 47.9 Å². The summed E-state index contributed by atoms with van der Waals surface area (Å²) in [5.74, 6) is 2.26. The highest BCUT2D eigenvalue weighted by molar-refractivity contribution is 7.99. The van der Waals surface area contributed by atoms with E-state index in [9.17, 15) is 0 Å². The summed E-state index contributed by atoms with van der Waals surface area (Å²) in [7, 11) is 0. The molecule has 0 aromatic heterocycles. The smallest absolute Gasteiger partial charge is 0.123 e. The van der Waals surface area contributed by atoms with Gasteiger partial charge in [-0.3, -0.25) is 0 Å². The Hall–Kier alpha value is -3.25. The Balaban J connectivity index is 1.29. The van der Waals surface area contributed by atoms with E-state index in [1.165, 1.54) is 32.0 Å². The highest BCUT2D eigenvalue weighted by Gasteiger charge is 2.26. The first kappa shape index (κ1) is 26.0. The van der Waals surface area contributed by atoms with Crippen molar-refractivity contribution < 1.29 is 18.9 Å².